The first-order valence-electron chi connectivity index (χ1n) is 7.08. The molecule has 0 spiro atoms. The van der Waals surface area contributed by atoms with Crippen LogP contribution in [0, 0.1) is 5.92 Å². The van der Waals surface area contributed by atoms with Crippen molar-refractivity contribution in [3.05, 3.63) is 40.4 Å². The average Bonchev–Trinajstić information content (AvgIpc) is 3.27. The van der Waals surface area contributed by atoms with E-state index in [1.165, 1.54) is 0 Å². The molecule has 1 aliphatic rings. The molecule has 0 bridgehead atoms. The van der Waals surface area contributed by atoms with Gasteiger partial charge in [-0.25, -0.2) is 0 Å². The van der Waals surface area contributed by atoms with E-state index < -0.39 is 5.97 Å². The summed E-state index contributed by atoms with van der Waals surface area (Å²) in [6.45, 7) is 0. The maximum atomic E-state index is 11.3. The van der Waals surface area contributed by atoms with Crippen LogP contribution in [0.2, 0.25) is 0 Å². The van der Waals surface area contributed by atoms with Crippen LogP contribution in [0.1, 0.15) is 30.7 Å². The summed E-state index contributed by atoms with van der Waals surface area (Å²) in [6.07, 6.45) is 2.37. The number of rotatable bonds is 5. The lowest BCUT2D eigenvalue weighted by atomic mass is 9.86. The molecule has 0 aromatic heterocycles. The maximum Gasteiger partial charge on any atom is 0.303 e. The number of carboxylic acids is 1. The number of hydrogen-bond acceptors (Lipinski definition) is 2. The zero-order chi connectivity index (χ0) is 15.0. The molecule has 2 aromatic rings. The van der Waals surface area contributed by atoms with Crippen LogP contribution >= 0.6 is 15.9 Å². The third-order valence-corrected chi connectivity index (χ3v) is 4.65. The number of ether oxygens (including phenoxy) is 1. The monoisotopic (exact) mass is 348 g/mol. The highest BCUT2D eigenvalue weighted by atomic mass is 79.9. The van der Waals surface area contributed by atoms with E-state index in [2.05, 4.69) is 28.1 Å². The summed E-state index contributed by atoms with van der Waals surface area (Å²) >= 11 is 3.49. The van der Waals surface area contributed by atoms with Gasteiger partial charge in [-0.3, -0.25) is 4.79 Å². The molecule has 1 N–H and O–H groups in total. The molecule has 2 aromatic carbocycles. The van der Waals surface area contributed by atoms with Gasteiger partial charge in [0, 0.05) is 16.0 Å². The highest BCUT2D eigenvalue weighted by Gasteiger charge is 2.36. The SMILES string of the molecule is COc1ccc2cc(Br)ccc2c1C(CC(=O)O)C1CC1. The number of carbonyl (C=O) groups is 1. The molecule has 0 amide bonds. The van der Waals surface area contributed by atoms with Gasteiger partial charge in [-0.15, -0.1) is 0 Å². The normalized spacial score (nSPS) is 15.9. The Hall–Kier alpha value is -1.55. The summed E-state index contributed by atoms with van der Waals surface area (Å²) in [6, 6.07) is 10.1. The Bertz CT molecular complexity index is 692. The first kappa shape index (κ1) is 14.4. The minimum Gasteiger partial charge on any atom is -0.496 e. The van der Waals surface area contributed by atoms with Crippen molar-refractivity contribution in [2.45, 2.75) is 25.2 Å². The molecule has 1 atom stereocenters. The van der Waals surface area contributed by atoms with E-state index in [1.807, 2.05) is 18.2 Å². The van der Waals surface area contributed by atoms with E-state index >= 15 is 0 Å². The largest absolute Gasteiger partial charge is 0.496 e. The van der Waals surface area contributed by atoms with Gasteiger partial charge in [0.2, 0.25) is 0 Å². The number of methoxy groups -OCH3 is 1. The van der Waals surface area contributed by atoms with Gasteiger partial charge >= 0.3 is 5.97 Å². The molecule has 1 saturated carbocycles. The van der Waals surface area contributed by atoms with Crippen molar-refractivity contribution in [1.82, 2.24) is 0 Å². The summed E-state index contributed by atoms with van der Waals surface area (Å²) in [5.41, 5.74) is 1.05. The van der Waals surface area contributed by atoms with Crippen LogP contribution in [-0.4, -0.2) is 18.2 Å². The van der Waals surface area contributed by atoms with Crippen LogP contribution in [0.3, 0.4) is 0 Å². The Balaban J connectivity index is 2.19. The topological polar surface area (TPSA) is 46.5 Å². The van der Waals surface area contributed by atoms with Crippen LogP contribution in [0.25, 0.3) is 10.8 Å². The van der Waals surface area contributed by atoms with E-state index in [9.17, 15) is 9.90 Å². The van der Waals surface area contributed by atoms with Crippen molar-refractivity contribution in [1.29, 1.82) is 0 Å². The molecular formula is C17H17BrO3. The predicted molar refractivity (Wildman–Crippen MR) is 85.9 cm³/mol. The fourth-order valence-electron chi connectivity index (χ4n) is 3.06. The fraction of sp³-hybridized carbons (Fsp3) is 0.353. The van der Waals surface area contributed by atoms with Crippen molar-refractivity contribution >= 4 is 32.7 Å². The lowest BCUT2D eigenvalue weighted by Crippen LogP contribution is -2.10. The Labute approximate surface area is 132 Å². The number of halogens is 1. The second-order valence-corrected chi connectivity index (χ2v) is 6.50. The molecule has 4 heteroatoms. The van der Waals surface area contributed by atoms with Crippen molar-refractivity contribution in [3.8, 4) is 5.75 Å². The minimum atomic E-state index is -0.747. The molecule has 3 nitrogen and oxygen atoms in total. The van der Waals surface area contributed by atoms with Gasteiger partial charge < -0.3 is 9.84 Å². The number of hydrogen-bond donors (Lipinski definition) is 1. The molecule has 21 heavy (non-hydrogen) atoms. The Morgan fingerprint density at radius 1 is 1.38 bits per heavy atom. The quantitative estimate of drug-likeness (QED) is 0.860. The van der Waals surface area contributed by atoms with Crippen molar-refractivity contribution < 1.29 is 14.6 Å². The van der Waals surface area contributed by atoms with E-state index in [4.69, 9.17) is 4.74 Å². The molecular weight excluding hydrogens is 332 g/mol. The van der Waals surface area contributed by atoms with E-state index in [0.29, 0.717) is 5.92 Å². The van der Waals surface area contributed by atoms with Gasteiger partial charge in [0.05, 0.1) is 13.5 Å². The molecule has 0 aliphatic heterocycles. The fourth-order valence-corrected chi connectivity index (χ4v) is 3.44. The first-order valence-corrected chi connectivity index (χ1v) is 7.87. The van der Waals surface area contributed by atoms with Crippen LogP contribution < -0.4 is 4.74 Å². The number of fused-ring (bicyclic) bond motifs is 1. The van der Waals surface area contributed by atoms with Gasteiger partial charge in [0.1, 0.15) is 5.75 Å². The van der Waals surface area contributed by atoms with Crippen LogP contribution in [-0.2, 0) is 4.79 Å². The highest BCUT2D eigenvalue weighted by Crippen LogP contribution is 2.49. The summed E-state index contributed by atoms with van der Waals surface area (Å²) < 4.78 is 6.54. The molecule has 0 radical (unpaired) electrons. The lowest BCUT2D eigenvalue weighted by molar-refractivity contribution is -0.137. The van der Waals surface area contributed by atoms with Gasteiger partial charge in [0.15, 0.2) is 0 Å². The van der Waals surface area contributed by atoms with E-state index in [1.54, 1.807) is 7.11 Å². The number of benzene rings is 2. The maximum absolute atomic E-state index is 11.3. The lowest BCUT2D eigenvalue weighted by Gasteiger charge is -2.20. The molecule has 3 rings (SSSR count). The van der Waals surface area contributed by atoms with Crippen LogP contribution in [0.4, 0.5) is 0 Å². The molecule has 0 heterocycles. The number of aliphatic carboxylic acids is 1. The van der Waals surface area contributed by atoms with Crippen LogP contribution in [0.5, 0.6) is 5.75 Å². The van der Waals surface area contributed by atoms with Crippen LogP contribution in [0.15, 0.2) is 34.8 Å². The second-order valence-electron chi connectivity index (χ2n) is 5.59. The van der Waals surface area contributed by atoms with Crippen molar-refractivity contribution in [3.63, 3.8) is 0 Å². The summed E-state index contributed by atoms with van der Waals surface area (Å²) in [5, 5.41) is 11.5. The van der Waals surface area contributed by atoms with Crippen molar-refractivity contribution in [2.75, 3.05) is 7.11 Å². The molecule has 1 unspecified atom stereocenters. The first-order chi connectivity index (χ1) is 10.1. The van der Waals surface area contributed by atoms with Gasteiger partial charge in [-0.05, 0) is 47.7 Å². The molecule has 1 aliphatic carbocycles. The molecule has 0 saturated heterocycles. The smallest absolute Gasteiger partial charge is 0.303 e. The predicted octanol–water partition coefficient (Wildman–Crippen LogP) is 4.58. The highest BCUT2D eigenvalue weighted by molar-refractivity contribution is 9.10. The summed E-state index contributed by atoms with van der Waals surface area (Å²) in [7, 11) is 1.65. The summed E-state index contributed by atoms with van der Waals surface area (Å²) in [4.78, 5) is 11.3. The second kappa shape index (κ2) is 5.68. The average molecular weight is 349 g/mol. The zero-order valence-corrected chi connectivity index (χ0v) is 13.4. The molecule has 110 valence electrons. The van der Waals surface area contributed by atoms with Crippen molar-refractivity contribution in [2.24, 2.45) is 5.92 Å². The Kier molecular flexibility index (Phi) is 3.89. The van der Waals surface area contributed by atoms with Gasteiger partial charge in [-0.2, -0.15) is 0 Å². The minimum absolute atomic E-state index is 0.0299. The third kappa shape index (κ3) is 2.91. The molecule has 1 fully saturated rings. The number of carboxylic acid groups (broad SMARTS) is 1. The Morgan fingerprint density at radius 3 is 2.76 bits per heavy atom. The summed E-state index contributed by atoms with van der Waals surface area (Å²) in [5.74, 6) is 0.539. The van der Waals surface area contributed by atoms with E-state index in [0.717, 1.165) is 39.4 Å². The third-order valence-electron chi connectivity index (χ3n) is 4.16. The standard InChI is InChI=1S/C17H17BrO3/c1-21-15-7-4-11-8-12(18)5-6-13(11)17(15)14(9-16(19)20)10-2-3-10/h4-8,10,14H,2-3,9H2,1H3,(H,19,20). The Morgan fingerprint density at radius 2 is 2.14 bits per heavy atom. The van der Waals surface area contributed by atoms with E-state index in [-0.39, 0.29) is 12.3 Å². The van der Waals surface area contributed by atoms with Gasteiger partial charge in [-0.1, -0.05) is 28.1 Å². The van der Waals surface area contributed by atoms with Gasteiger partial charge in [0.25, 0.3) is 0 Å². The zero-order valence-electron chi connectivity index (χ0n) is 11.8.